The summed E-state index contributed by atoms with van der Waals surface area (Å²) in [5, 5.41) is 13.4. The van der Waals surface area contributed by atoms with Crippen molar-refractivity contribution in [1.29, 1.82) is 5.26 Å². The molecule has 0 atom stereocenters. The van der Waals surface area contributed by atoms with Crippen molar-refractivity contribution in [3.05, 3.63) is 57.6 Å². The highest BCUT2D eigenvalue weighted by Gasteiger charge is 2.08. The highest BCUT2D eigenvalue weighted by atomic mass is 35.5. The van der Waals surface area contributed by atoms with Crippen LogP contribution in [0, 0.1) is 18.3 Å². The van der Waals surface area contributed by atoms with Gasteiger partial charge in [0.2, 0.25) is 0 Å². The smallest absolute Gasteiger partial charge is 0.101 e. The lowest BCUT2D eigenvalue weighted by molar-refractivity contribution is 1.39. The highest BCUT2D eigenvalue weighted by Crippen LogP contribution is 2.31. The molecular weight excluding hydrogens is 267 g/mol. The maximum Gasteiger partial charge on any atom is 0.101 e. The number of hydrogen-bond acceptors (Lipinski definition) is 2. The van der Waals surface area contributed by atoms with Crippen LogP contribution in [0.25, 0.3) is 0 Å². The third-order valence-corrected chi connectivity index (χ3v) is 3.15. The SMILES string of the molecule is Cc1cccc(C#N)c1Nc1cc(Cl)ccc1Cl. The molecule has 0 heterocycles. The van der Waals surface area contributed by atoms with Gasteiger partial charge in [-0.1, -0.05) is 35.3 Å². The number of nitrogens with one attached hydrogen (secondary N) is 1. The maximum absolute atomic E-state index is 9.10. The summed E-state index contributed by atoms with van der Waals surface area (Å²) in [5.74, 6) is 0. The van der Waals surface area contributed by atoms with Gasteiger partial charge in [-0.15, -0.1) is 0 Å². The molecule has 1 N–H and O–H groups in total. The molecule has 0 amide bonds. The van der Waals surface area contributed by atoms with Gasteiger partial charge in [0.15, 0.2) is 0 Å². The number of anilines is 2. The van der Waals surface area contributed by atoms with Gasteiger partial charge in [-0.2, -0.15) is 5.26 Å². The molecule has 18 heavy (non-hydrogen) atoms. The van der Waals surface area contributed by atoms with E-state index in [9.17, 15) is 0 Å². The second-order valence-corrected chi connectivity index (χ2v) is 4.70. The molecule has 0 radical (unpaired) electrons. The van der Waals surface area contributed by atoms with Gasteiger partial charge in [0.25, 0.3) is 0 Å². The number of aryl methyl sites for hydroxylation is 1. The molecule has 90 valence electrons. The van der Waals surface area contributed by atoms with Crippen molar-refractivity contribution in [3.63, 3.8) is 0 Å². The normalized spacial score (nSPS) is 9.89. The van der Waals surface area contributed by atoms with Crippen LogP contribution < -0.4 is 5.32 Å². The van der Waals surface area contributed by atoms with E-state index in [1.165, 1.54) is 0 Å². The van der Waals surface area contributed by atoms with Crippen molar-refractivity contribution in [1.82, 2.24) is 0 Å². The minimum Gasteiger partial charge on any atom is -0.353 e. The van der Waals surface area contributed by atoms with E-state index in [0.29, 0.717) is 21.3 Å². The van der Waals surface area contributed by atoms with E-state index < -0.39 is 0 Å². The molecule has 0 spiro atoms. The molecule has 2 aromatic carbocycles. The van der Waals surface area contributed by atoms with Gasteiger partial charge >= 0.3 is 0 Å². The maximum atomic E-state index is 9.10. The predicted octanol–water partition coefficient (Wildman–Crippen LogP) is 4.92. The Morgan fingerprint density at radius 1 is 1.17 bits per heavy atom. The van der Waals surface area contributed by atoms with E-state index in [0.717, 1.165) is 11.3 Å². The van der Waals surface area contributed by atoms with Gasteiger partial charge in [-0.3, -0.25) is 0 Å². The molecule has 0 aliphatic rings. The number of halogens is 2. The largest absolute Gasteiger partial charge is 0.353 e. The molecule has 0 fully saturated rings. The van der Waals surface area contributed by atoms with Gasteiger partial charge < -0.3 is 5.32 Å². The van der Waals surface area contributed by atoms with Crippen LogP contribution in [0.2, 0.25) is 10.0 Å². The second-order valence-electron chi connectivity index (χ2n) is 3.86. The summed E-state index contributed by atoms with van der Waals surface area (Å²) >= 11 is 12.0. The van der Waals surface area contributed by atoms with Crippen LogP contribution in [0.3, 0.4) is 0 Å². The molecule has 0 aliphatic carbocycles. The highest BCUT2D eigenvalue weighted by molar-refractivity contribution is 6.35. The van der Waals surface area contributed by atoms with Crippen molar-refractivity contribution in [2.75, 3.05) is 5.32 Å². The average Bonchev–Trinajstić information content (AvgIpc) is 2.36. The molecule has 0 saturated carbocycles. The molecule has 2 aromatic rings. The molecule has 0 aromatic heterocycles. The monoisotopic (exact) mass is 276 g/mol. The van der Waals surface area contributed by atoms with Gasteiger partial charge in [-0.05, 0) is 36.8 Å². The van der Waals surface area contributed by atoms with Crippen molar-refractivity contribution >= 4 is 34.6 Å². The number of para-hydroxylation sites is 1. The number of benzene rings is 2. The molecule has 0 bridgehead atoms. The Balaban J connectivity index is 2.46. The van der Waals surface area contributed by atoms with E-state index in [4.69, 9.17) is 28.5 Å². The zero-order valence-corrected chi connectivity index (χ0v) is 11.2. The first kappa shape index (κ1) is 12.8. The number of nitrogens with zero attached hydrogens (tertiary/aromatic N) is 1. The summed E-state index contributed by atoms with van der Waals surface area (Å²) in [4.78, 5) is 0. The van der Waals surface area contributed by atoms with Crippen LogP contribution >= 0.6 is 23.2 Å². The van der Waals surface area contributed by atoms with Crippen LogP contribution in [0.5, 0.6) is 0 Å². The molecule has 2 rings (SSSR count). The van der Waals surface area contributed by atoms with Crippen LogP contribution in [0.4, 0.5) is 11.4 Å². The lowest BCUT2D eigenvalue weighted by Gasteiger charge is -2.12. The van der Waals surface area contributed by atoms with Crippen LogP contribution in [-0.4, -0.2) is 0 Å². The van der Waals surface area contributed by atoms with Crippen molar-refractivity contribution in [2.45, 2.75) is 6.92 Å². The van der Waals surface area contributed by atoms with Gasteiger partial charge in [0.1, 0.15) is 6.07 Å². The Labute approximate surface area is 116 Å². The minimum atomic E-state index is 0.562. The summed E-state index contributed by atoms with van der Waals surface area (Å²) < 4.78 is 0. The molecule has 0 aliphatic heterocycles. The van der Waals surface area contributed by atoms with Gasteiger partial charge in [0, 0.05) is 5.02 Å². The van der Waals surface area contributed by atoms with Crippen molar-refractivity contribution < 1.29 is 0 Å². The Kier molecular flexibility index (Phi) is 3.76. The van der Waals surface area contributed by atoms with Gasteiger partial charge in [-0.25, -0.2) is 0 Å². The quantitative estimate of drug-likeness (QED) is 0.845. The zero-order chi connectivity index (χ0) is 13.1. The first-order valence-electron chi connectivity index (χ1n) is 5.33. The van der Waals surface area contributed by atoms with Gasteiger partial charge in [0.05, 0.1) is 22.0 Å². The van der Waals surface area contributed by atoms with E-state index >= 15 is 0 Å². The summed E-state index contributed by atoms with van der Waals surface area (Å²) in [6, 6.07) is 12.9. The van der Waals surface area contributed by atoms with E-state index in [1.807, 2.05) is 19.1 Å². The molecule has 0 saturated heterocycles. The Morgan fingerprint density at radius 3 is 2.67 bits per heavy atom. The summed E-state index contributed by atoms with van der Waals surface area (Å²) in [6.07, 6.45) is 0. The zero-order valence-electron chi connectivity index (χ0n) is 9.67. The van der Waals surface area contributed by atoms with E-state index in [1.54, 1.807) is 24.3 Å². The fourth-order valence-corrected chi connectivity index (χ4v) is 1.99. The summed E-state index contributed by atoms with van der Waals surface area (Å²) in [5.41, 5.74) is 3.00. The van der Waals surface area contributed by atoms with Crippen molar-refractivity contribution in [2.24, 2.45) is 0 Å². The first-order valence-corrected chi connectivity index (χ1v) is 6.09. The molecule has 4 heteroatoms. The fraction of sp³-hybridized carbons (Fsp3) is 0.0714. The van der Waals surface area contributed by atoms with Crippen LogP contribution in [0.1, 0.15) is 11.1 Å². The van der Waals surface area contributed by atoms with E-state index in [-0.39, 0.29) is 0 Å². The molecular formula is C14H10Cl2N2. The lowest BCUT2D eigenvalue weighted by Crippen LogP contribution is -1.97. The number of hydrogen-bond donors (Lipinski definition) is 1. The lowest BCUT2D eigenvalue weighted by atomic mass is 10.1. The van der Waals surface area contributed by atoms with Crippen molar-refractivity contribution in [3.8, 4) is 6.07 Å². The second kappa shape index (κ2) is 5.30. The molecule has 0 unspecified atom stereocenters. The topological polar surface area (TPSA) is 35.8 Å². The van der Waals surface area contributed by atoms with E-state index in [2.05, 4.69) is 11.4 Å². The Hall–Kier alpha value is -1.69. The molecule has 2 nitrogen and oxygen atoms in total. The number of rotatable bonds is 2. The third kappa shape index (κ3) is 2.59. The minimum absolute atomic E-state index is 0.562. The predicted molar refractivity (Wildman–Crippen MR) is 75.6 cm³/mol. The standard InChI is InChI=1S/C14H10Cl2N2/c1-9-3-2-4-10(8-17)14(9)18-13-7-11(15)5-6-12(13)16/h2-7,18H,1H3. The first-order chi connectivity index (χ1) is 8.61. The fourth-order valence-electron chi connectivity index (χ4n) is 1.65. The summed E-state index contributed by atoms with van der Waals surface area (Å²) in [6.45, 7) is 1.93. The Morgan fingerprint density at radius 2 is 1.94 bits per heavy atom. The Bertz CT molecular complexity index is 630. The van der Waals surface area contributed by atoms with Crippen LogP contribution in [-0.2, 0) is 0 Å². The average molecular weight is 277 g/mol. The van der Waals surface area contributed by atoms with Crippen LogP contribution in [0.15, 0.2) is 36.4 Å². The summed E-state index contributed by atoms with van der Waals surface area (Å²) in [7, 11) is 0. The third-order valence-electron chi connectivity index (χ3n) is 2.58. The number of nitriles is 1.